The van der Waals surface area contributed by atoms with Crippen molar-refractivity contribution in [3.8, 4) is 6.07 Å². The number of nitrogens with zero attached hydrogens (tertiary/aromatic N) is 2. The number of benzene rings is 1. The molecule has 2 N–H and O–H groups in total. The number of thioether (sulfide) groups is 1. The van der Waals surface area contributed by atoms with E-state index in [0.717, 1.165) is 37.2 Å². The lowest BCUT2D eigenvalue weighted by Crippen LogP contribution is -2.53. The Bertz CT molecular complexity index is 974. The molecule has 1 aliphatic heterocycles. The second-order valence-corrected chi connectivity index (χ2v) is 12.1. The summed E-state index contributed by atoms with van der Waals surface area (Å²) >= 11 is 1.78. The van der Waals surface area contributed by atoms with Crippen LogP contribution in [0.1, 0.15) is 58.8 Å². The lowest BCUT2D eigenvalue weighted by atomic mass is 9.81. The molecule has 7 nitrogen and oxygen atoms in total. The van der Waals surface area contributed by atoms with Crippen molar-refractivity contribution in [3.05, 3.63) is 30.3 Å². The third kappa shape index (κ3) is 6.26. The number of hydrogen-bond acceptors (Lipinski definition) is 6. The topological polar surface area (TPSA) is 111 Å². The fraction of sp³-hybridized carbons (Fsp3) is 0.609. The van der Waals surface area contributed by atoms with Gasteiger partial charge in [0.2, 0.25) is 5.91 Å². The minimum absolute atomic E-state index is 0.0215. The zero-order valence-electron chi connectivity index (χ0n) is 18.8. The highest BCUT2D eigenvalue weighted by molar-refractivity contribution is 7.99. The molecule has 2 aliphatic rings. The van der Waals surface area contributed by atoms with Crippen molar-refractivity contribution in [2.45, 2.75) is 75.3 Å². The molecule has 1 unspecified atom stereocenters. The first-order valence-electron chi connectivity index (χ1n) is 11.1. The van der Waals surface area contributed by atoms with E-state index in [1.807, 2.05) is 0 Å². The van der Waals surface area contributed by atoms with Gasteiger partial charge in [-0.05, 0) is 68.1 Å². The van der Waals surface area contributed by atoms with E-state index in [-0.39, 0.29) is 22.1 Å². The fourth-order valence-corrected chi connectivity index (χ4v) is 6.78. The molecule has 1 aliphatic carbocycles. The molecule has 1 aromatic rings. The molecule has 1 heterocycles. The number of nitrogens with one attached hydrogen (secondary N) is 2. The summed E-state index contributed by atoms with van der Waals surface area (Å²) in [5.74, 6) is 1.52. The van der Waals surface area contributed by atoms with Crippen LogP contribution in [0.15, 0.2) is 40.2 Å². The van der Waals surface area contributed by atoms with E-state index in [1.165, 1.54) is 12.1 Å². The Morgan fingerprint density at radius 3 is 2.41 bits per heavy atom. The van der Waals surface area contributed by atoms with Crippen LogP contribution in [0, 0.1) is 16.7 Å². The zero-order chi connectivity index (χ0) is 23.2. The van der Waals surface area contributed by atoms with Crippen molar-refractivity contribution in [2.24, 2.45) is 10.4 Å². The maximum atomic E-state index is 13.3. The van der Waals surface area contributed by atoms with Gasteiger partial charge in [-0.15, -0.1) is 0 Å². The first-order valence-corrected chi connectivity index (χ1v) is 13.7. The second kappa shape index (κ2) is 10.3. The summed E-state index contributed by atoms with van der Waals surface area (Å²) in [5.41, 5.74) is -0.892. The van der Waals surface area contributed by atoms with Gasteiger partial charge in [-0.1, -0.05) is 38.0 Å². The van der Waals surface area contributed by atoms with Crippen LogP contribution in [0.25, 0.3) is 0 Å². The van der Waals surface area contributed by atoms with Crippen LogP contribution in [0.3, 0.4) is 0 Å². The first kappa shape index (κ1) is 24.6. The van der Waals surface area contributed by atoms with Gasteiger partial charge >= 0.3 is 0 Å². The van der Waals surface area contributed by atoms with Crippen LogP contribution in [0.4, 0.5) is 0 Å². The SMILES string of the molecule is CC(=NC(CC1(C)CCCC1)C(=O)NC1(C#N)CCSCC1)NS(=O)(=O)c1ccccc1. The largest absolute Gasteiger partial charge is 0.336 e. The van der Waals surface area contributed by atoms with Crippen LogP contribution >= 0.6 is 11.8 Å². The molecule has 1 saturated carbocycles. The van der Waals surface area contributed by atoms with E-state index in [4.69, 9.17) is 0 Å². The molecule has 3 rings (SSSR count). The maximum absolute atomic E-state index is 13.3. The highest BCUT2D eigenvalue weighted by Crippen LogP contribution is 2.42. The number of aliphatic imine (C=N–C) groups is 1. The van der Waals surface area contributed by atoms with E-state index < -0.39 is 21.6 Å². The number of amides is 1. The molecular weight excluding hydrogens is 444 g/mol. The number of carbonyl (C=O) groups is 1. The number of nitriles is 1. The number of carbonyl (C=O) groups excluding carboxylic acids is 1. The molecule has 1 amide bonds. The quantitative estimate of drug-likeness (QED) is 0.461. The number of sulfonamides is 1. The third-order valence-electron chi connectivity index (χ3n) is 6.41. The molecule has 0 radical (unpaired) electrons. The monoisotopic (exact) mass is 476 g/mol. The summed E-state index contributed by atoms with van der Waals surface area (Å²) < 4.78 is 27.9. The predicted molar refractivity (Wildman–Crippen MR) is 128 cm³/mol. The normalized spacial score (nSPS) is 21.3. The van der Waals surface area contributed by atoms with Gasteiger partial charge < -0.3 is 5.32 Å². The van der Waals surface area contributed by atoms with Crippen molar-refractivity contribution in [2.75, 3.05) is 11.5 Å². The van der Waals surface area contributed by atoms with Gasteiger partial charge in [0.05, 0.1) is 11.0 Å². The van der Waals surface area contributed by atoms with Crippen molar-refractivity contribution in [1.82, 2.24) is 10.0 Å². The summed E-state index contributed by atoms with van der Waals surface area (Å²) in [4.78, 5) is 18.0. The molecule has 1 saturated heterocycles. The highest BCUT2D eigenvalue weighted by atomic mass is 32.2. The average Bonchev–Trinajstić information content (AvgIpc) is 3.20. The summed E-state index contributed by atoms with van der Waals surface area (Å²) in [6, 6.07) is 9.64. The molecule has 0 bridgehead atoms. The van der Waals surface area contributed by atoms with Gasteiger partial charge in [-0.2, -0.15) is 17.0 Å². The van der Waals surface area contributed by atoms with Crippen LogP contribution in [0.5, 0.6) is 0 Å². The van der Waals surface area contributed by atoms with Gasteiger partial charge in [0.1, 0.15) is 17.4 Å². The van der Waals surface area contributed by atoms with E-state index in [1.54, 1.807) is 36.9 Å². The Hall–Kier alpha value is -2.05. The third-order valence-corrected chi connectivity index (χ3v) is 8.85. The minimum Gasteiger partial charge on any atom is -0.336 e. The van der Waals surface area contributed by atoms with Gasteiger partial charge in [0, 0.05) is 0 Å². The van der Waals surface area contributed by atoms with Crippen molar-refractivity contribution in [1.29, 1.82) is 5.26 Å². The van der Waals surface area contributed by atoms with Crippen LogP contribution in [-0.4, -0.2) is 43.2 Å². The van der Waals surface area contributed by atoms with Crippen molar-refractivity contribution >= 4 is 33.5 Å². The van der Waals surface area contributed by atoms with E-state index >= 15 is 0 Å². The van der Waals surface area contributed by atoms with E-state index in [9.17, 15) is 18.5 Å². The Morgan fingerprint density at radius 1 is 1.19 bits per heavy atom. The Kier molecular flexibility index (Phi) is 7.88. The number of hydrogen-bond donors (Lipinski definition) is 2. The van der Waals surface area contributed by atoms with Crippen LogP contribution < -0.4 is 10.0 Å². The zero-order valence-corrected chi connectivity index (χ0v) is 20.4. The Labute approximate surface area is 195 Å². The summed E-state index contributed by atoms with van der Waals surface area (Å²) in [7, 11) is -3.78. The number of amidine groups is 1. The molecule has 32 heavy (non-hydrogen) atoms. The van der Waals surface area contributed by atoms with Gasteiger partial charge in [0.15, 0.2) is 0 Å². The van der Waals surface area contributed by atoms with Crippen molar-refractivity contribution < 1.29 is 13.2 Å². The van der Waals surface area contributed by atoms with Crippen molar-refractivity contribution in [3.63, 3.8) is 0 Å². The predicted octanol–water partition coefficient (Wildman–Crippen LogP) is 3.63. The average molecular weight is 477 g/mol. The molecule has 0 aromatic heterocycles. The lowest BCUT2D eigenvalue weighted by molar-refractivity contribution is -0.124. The Balaban J connectivity index is 1.81. The fourth-order valence-electron chi connectivity index (χ4n) is 4.51. The lowest BCUT2D eigenvalue weighted by Gasteiger charge is -2.34. The maximum Gasteiger partial charge on any atom is 0.262 e. The number of rotatable bonds is 7. The van der Waals surface area contributed by atoms with Gasteiger partial charge in [-0.25, -0.2) is 8.42 Å². The second-order valence-electron chi connectivity index (χ2n) is 9.17. The molecule has 2 fully saturated rings. The van der Waals surface area contributed by atoms with Crippen LogP contribution in [0.2, 0.25) is 0 Å². The molecular formula is C23H32N4O3S2. The van der Waals surface area contributed by atoms with E-state index in [0.29, 0.717) is 19.3 Å². The van der Waals surface area contributed by atoms with Gasteiger partial charge in [0.25, 0.3) is 10.0 Å². The molecule has 1 aromatic carbocycles. The van der Waals surface area contributed by atoms with E-state index in [2.05, 4.69) is 28.0 Å². The standard InChI is InChI=1S/C23H32N4O3S2/c1-18(27-32(29,30)19-8-4-3-5-9-19)25-20(16-22(2)10-6-7-11-22)21(28)26-23(17-24)12-14-31-15-13-23/h3-5,8-9,20H,6-7,10-16H2,1-2H3,(H,25,27)(H,26,28). The Morgan fingerprint density at radius 2 is 1.81 bits per heavy atom. The summed E-state index contributed by atoms with van der Waals surface area (Å²) in [6.07, 6.45) is 6.00. The van der Waals surface area contributed by atoms with Crippen LogP contribution in [-0.2, 0) is 14.8 Å². The first-order chi connectivity index (χ1) is 15.2. The molecule has 174 valence electrons. The molecule has 9 heteroatoms. The molecule has 1 atom stereocenters. The minimum atomic E-state index is -3.78. The summed E-state index contributed by atoms with van der Waals surface area (Å²) in [5, 5.41) is 12.7. The van der Waals surface area contributed by atoms with Gasteiger partial charge in [-0.3, -0.25) is 14.5 Å². The molecule has 0 spiro atoms. The smallest absolute Gasteiger partial charge is 0.262 e. The highest BCUT2D eigenvalue weighted by Gasteiger charge is 2.39. The summed E-state index contributed by atoms with van der Waals surface area (Å²) in [6.45, 7) is 3.73.